The lowest BCUT2D eigenvalue weighted by Crippen LogP contribution is -2.59. The van der Waals surface area contributed by atoms with Crippen LogP contribution in [0.1, 0.15) is 20.3 Å². The van der Waals surface area contributed by atoms with Crippen LogP contribution in [0.15, 0.2) is 0 Å². The molecule has 54 valence electrons. The van der Waals surface area contributed by atoms with E-state index in [1.54, 1.807) is 0 Å². The highest BCUT2D eigenvalue weighted by Crippen LogP contribution is 2.12. The van der Waals surface area contributed by atoms with Gasteiger partial charge in [0.15, 0.2) is 0 Å². The van der Waals surface area contributed by atoms with Gasteiger partial charge in [0.25, 0.3) is 0 Å². The molecule has 1 N–H and O–H groups in total. The van der Waals surface area contributed by atoms with Gasteiger partial charge in [-0.25, -0.2) is 5.01 Å². The molecule has 9 heavy (non-hydrogen) atoms. The summed E-state index contributed by atoms with van der Waals surface area (Å²) in [5.41, 5.74) is 3.20. The van der Waals surface area contributed by atoms with Crippen molar-refractivity contribution in [1.82, 2.24) is 10.4 Å². The van der Waals surface area contributed by atoms with Crippen LogP contribution in [0.2, 0.25) is 0 Å². The van der Waals surface area contributed by atoms with Crippen LogP contribution in [0.4, 0.5) is 0 Å². The Hall–Kier alpha value is -0.0800. The summed E-state index contributed by atoms with van der Waals surface area (Å²) in [4.78, 5) is 0. The van der Waals surface area contributed by atoms with Gasteiger partial charge >= 0.3 is 0 Å². The highest BCUT2D eigenvalue weighted by atomic mass is 15.6. The van der Waals surface area contributed by atoms with E-state index in [0.717, 1.165) is 12.0 Å². The van der Waals surface area contributed by atoms with Crippen LogP contribution >= 0.6 is 0 Å². The summed E-state index contributed by atoms with van der Waals surface area (Å²) >= 11 is 0. The molecule has 0 aromatic rings. The highest BCUT2D eigenvalue weighted by molar-refractivity contribution is 4.77. The van der Waals surface area contributed by atoms with Gasteiger partial charge in [0.05, 0.1) is 0 Å². The Balaban J connectivity index is 2.13. The Morgan fingerprint density at radius 1 is 1.67 bits per heavy atom. The highest BCUT2D eigenvalue weighted by Gasteiger charge is 2.23. The van der Waals surface area contributed by atoms with Crippen molar-refractivity contribution in [3.05, 3.63) is 0 Å². The first-order valence-corrected chi connectivity index (χ1v) is 3.66. The van der Waals surface area contributed by atoms with Crippen molar-refractivity contribution in [3.63, 3.8) is 0 Å². The third-order valence-corrected chi connectivity index (χ3v) is 1.87. The van der Waals surface area contributed by atoms with E-state index in [1.807, 2.05) is 0 Å². The fourth-order valence-corrected chi connectivity index (χ4v) is 1.19. The van der Waals surface area contributed by atoms with E-state index in [0.29, 0.717) is 0 Å². The predicted molar refractivity (Wildman–Crippen MR) is 39.0 cm³/mol. The van der Waals surface area contributed by atoms with Gasteiger partial charge < -0.3 is 0 Å². The second kappa shape index (κ2) is 2.67. The first-order chi connectivity index (χ1) is 4.20. The van der Waals surface area contributed by atoms with Crippen LogP contribution in [0.5, 0.6) is 0 Å². The van der Waals surface area contributed by atoms with E-state index in [9.17, 15) is 0 Å². The normalized spacial score (nSPS) is 28.7. The maximum atomic E-state index is 3.20. The summed E-state index contributed by atoms with van der Waals surface area (Å²) in [5.74, 6) is 0.833. The molecule has 1 fully saturated rings. The molecule has 0 aromatic heterocycles. The number of hydrogen-bond donors (Lipinski definition) is 1. The first-order valence-electron chi connectivity index (χ1n) is 3.66. The number of nitrogens with one attached hydrogen (secondary N) is 1. The molecule has 0 radical (unpaired) electrons. The van der Waals surface area contributed by atoms with Gasteiger partial charge in [0, 0.05) is 19.6 Å². The van der Waals surface area contributed by atoms with Gasteiger partial charge in [-0.15, -0.1) is 0 Å². The van der Waals surface area contributed by atoms with Crippen LogP contribution in [-0.4, -0.2) is 24.6 Å². The molecule has 0 spiro atoms. The van der Waals surface area contributed by atoms with Gasteiger partial charge in [-0.1, -0.05) is 13.8 Å². The van der Waals surface area contributed by atoms with E-state index < -0.39 is 0 Å². The quantitative estimate of drug-likeness (QED) is 0.593. The first kappa shape index (κ1) is 7.03. The molecule has 0 saturated carbocycles. The molecular weight excluding hydrogens is 112 g/mol. The Kier molecular flexibility index (Phi) is 2.09. The molecule has 0 bridgehead atoms. The maximum absolute atomic E-state index is 3.20. The lowest BCUT2D eigenvalue weighted by molar-refractivity contribution is 0.0425. The summed E-state index contributed by atoms with van der Waals surface area (Å²) in [6.45, 7) is 5.72. The molecule has 1 saturated heterocycles. The van der Waals surface area contributed by atoms with Crippen LogP contribution in [0.3, 0.4) is 0 Å². The van der Waals surface area contributed by atoms with Crippen molar-refractivity contribution in [3.8, 4) is 0 Å². The third kappa shape index (κ3) is 1.66. The monoisotopic (exact) mass is 128 g/mol. The zero-order chi connectivity index (χ0) is 6.85. The molecule has 0 aliphatic carbocycles. The molecule has 0 aromatic carbocycles. The number of nitrogens with zero attached hydrogens (tertiary/aromatic N) is 1. The summed E-state index contributed by atoms with van der Waals surface area (Å²) < 4.78 is 0. The smallest absolute Gasteiger partial charge is 0.0381 e. The number of hydrogen-bond acceptors (Lipinski definition) is 2. The van der Waals surface area contributed by atoms with Crippen LogP contribution in [0.25, 0.3) is 0 Å². The lowest BCUT2D eigenvalue weighted by Gasteiger charge is -2.39. The maximum Gasteiger partial charge on any atom is 0.0381 e. The fourth-order valence-electron chi connectivity index (χ4n) is 1.19. The molecule has 1 unspecified atom stereocenters. The number of hydrazine groups is 1. The summed E-state index contributed by atoms with van der Waals surface area (Å²) in [5, 5.41) is 2.19. The van der Waals surface area contributed by atoms with Crippen LogP contribution < -0.4 is 5.43 Å². The molecule has 1 atom stereocenters. The van der Waals surface area contributed by atoms with E-state index in [1.165, 1.54) is 13.0 Å². The molecule has 1 heterocycles. The second-order valence-electron chi connectivity index (χ2n) is 3.26. The Labute approximate surface area is 57.2 Å². The van der Waals surface area contributed by atoms with Gasteiger partial charge in [0.2, 0.25) is 0 Å². The van der Waals surface area contributed by atoms with Crippen LogP contribution in [-0.2, 0) is 0 Å². The van der Waals surface area contributed by atoms with Gasteiger partial charge in [0.1, 0.15) is 0 Å². The number of rotatable bonds is 2. The SMILES string of the molecule is CC(C)CC1CNN1C. The lowest BCUT2D eigenvalue weighted by atomic mass is 10.0. The van der Waals surface area contributed by atoms with Crippen LogP contribution in [0, 0.1) is 5.92 Å². The molecule has 1 aliphatic rings. The van der Waals surface area contributed by atoms with E-state index in [4.69, 9.17) is 0 Å². The van der Waals surface area contributed by atoms with Crippen molar-refractivity contribution in [2.45, 2.75) is 26.3 Å². The van der Waals surface area contributed by atoms with E-state index in [-0.39, 0.29) is 0 Å². The zero-order valence-electron chi connectivity index (χ0n) is 6.52. The Morgan fingerprint density at radius 2 is 2.33 bits per heavy atom. The van der Waals surface area contributed by atoms with Crippen molar-refractivity contribution in [1.29, 1.82) is 0 Å². The van der Waals surface area contributed by atoms with Crippen molar-refractivity contribution in [2.75, 3.05) is 13.6 Å². The van der Waals surface area contributed by atoms with Crippen molar-refractivity contribution in [2.24, 2.45) is 5.92 Å². The summed E-state index contributed by atoms with van der Waals surface area (Å²) in [6.07, 6.45) is 1.32. The molecule has 0 amide bonds. The van der Waals surface area contributed by atoms with Crippen molar-refractivity contribution >= 4 is 0 Å². The third-order valence-electron chi connectivity index (χ3n) is 1.87. The second-order valence-corrected chi connectivity index (χ2v) is 3.26. The fraction of sp³-hybridized carbons (Fsp3) is 1.00. The van der Waals surface area contributed by atoms with Gasteiger partial charge in [-0.3, -0.25) is 5.43 Å². The largest absolute Gasteiger partial charge is 0.254 e. The molecule has 2 nitrogen and oxygen atoms in total. The molecular formula is C7H16N2. The zero-order valence-corrected chi connectivity index (χ0v) is 6.52. The Bertz CT molecular complexity index is 90.9. The van der Waals surface area contributed by atoms with Gasteiger partial charge in [-0.2, -0.15) is 0 Å². The van der Waals surface area contributed by atoms with Crippen molar-refractivity contribution < 1.29 is 0 Å². The standard InChI is InChI=1S/C7H16N2/c1-6(2)4-7-5-8-9(7)3/h6-8H,4-5H2,1-3H3. The minimum Gasteiger partial charge on any atom is -0.254 e. The summed E-state index contributed by atoms with van der Waals surface area (Å²) in [6, 6.07) is 0.796. The summed E-state index contributed by atoms with van der Waals surface area (Å²) in [7, 11) is 2.11. The predicted octanol–water partition coefficient (Wildman–Crippen LogP) is 0.851. The van der Waals surface area contributed by atoms with E-state index in [2.05, 4.69) is 31.3 Å². The average Bonchev–Trinajstić information content (AvgIpc) is 1.79. The molecule has 1 rings (SSSR count). The molecule has 1 aliphatic heterocycles. The Morgan fingerprint density at radius 3 is 2.44 bits per heavy atom. The van der Waals surface area contributed by atoms with E-state index >= 15 is 0 Å². The average molecular weight is 128 g/mol. The van der Waals surface area contributed by atoms with Gasteiger partial charge in [-0.05, 0) is 12.3 Å². The minimum atomic E-state index is 0.796. The molecule has 2 heteroatoms. The number of likely N-dealkylation sites (N-methyl/N-ethyl adjacent to an activating group) is 1. The minimum absolute atomic E-state index is 0.796. The topological polar surface area (TPSA) is 15.3 Å².